The van der Waals surface area contributed by atoms with Crippen LogP contribution < -0.4 is 10.1 Å². The van der Waals surface area contributed by atoms with Crippen LogP contribution in [-0.4, -0.2) is 25.4 Å². The molecule has 1 aromatic rings. The van der Waals surface area contributed by atoms with E-state index < -0.39 is 6.61 Å². The van der Waals surface area contributed by atoms with Crippen molar-refractivity contribution in [2.45, 2.75) is 45.4 Å². The topological polar surface area (TPSA) is 30.5 Å². The molecular weight excluding hydrogens is 252 g/mol. The number of para-hydroxylation sites is 2. The molecule has 1 atom stereocenters. The molecule has 0 aliphatic heterocycles. The molecule has 19 heavy (non-hydrogen) atoms. The van der Waals surface area contributed by atoms with E-state index >= 15 is 0 Å². The Hall–Kier alpha value is -1.36. The molecule has 1 unspecified atom stereocenters. The van der Waals surface area contributed by atoms with Crippen molar-refractivity contribution in [1.82, 2.24) is 0 Å². The van der Waals surface area contributed by atoms with Gasteiger partial charge in [-0.25, -0.2) is 0 Å². The van der Waals surface area contributed by atoms with Crippen molar-refractivity contribution in [2.75, 3.05) is 12.4 Å². The minimum atomic E-state index is -2.83. The Morgan fingerprint density at radius 2 is 1.89 bits per heavy atom. The second-order valence-corrected chi connectivity index (χ2v) is 5.09. The fourth-order valence-corrected chi connectivity index (χ4v) is 1.92. The van der Waals surface area contributed by atoms with E-state index in [1.54, 1.807) is 25.3 Å². The van der Waals surface area contributed by atoms with Crippen LogP contribution in [0.25, 0.3) is 0 Å². The van der Waals surface area contributed by atoms with Crippen molar-refractivity contribution < 1.29 is 18.3 Å². The highest BCUT2D eigenvalue weighted by molar-refractivity contribution is 5.56. The van der Waals surface area contributed by atoms with Crippen molar-refractivity contribution >= 4 is 5.69 Å². The van der Waals surface area contributed by atoms with Gasteiger partial charge in [0.15, 0.2) is 0 Å². The first kappa shape index (κ1) is 15.7. The Balaban J connectivity index is 2.71. The second-order valence-electron chi connectivity index (χ2n) is 5.09. The summed E-state index contributed by atoms with van der Waals surface area (Å²) < 4.78 is 34.4. The first-order valence-corrected chi connectivity index (χ1v) is 6.19. The van der Waals surface area contributed by atoms with Crippen LogP contribution in [0.15, 0.2) is 24.3 Å². The van der Waals surface area contributed by atoms with E-state index in [1.807, 2.05) is 20.8 Å². The van der Waals surface area contributed by atoms with Crippen molar-refractivity contribution in [2.24, 2.45) is 0 Å². The average Bonchev–Trinajstić information content (AvgIpc) is 2.30. The van der Waals surface area contributed by atoms with E-state index in [1.165, 1.54) is 6.07 Å². The average molecular weight is 273 g/mol. The number of anilines is 1. The summed E-state index contributed by atoms with van der Waals surface area (Å²) in [5, 5.41) is 3.17. The number of hydrogen-bond acceptors (Lipinski definition) is 3. The summed E-state index contributed by atoms with van der Waals surface area (Å²) in [6.07, 6.45) is 0.743. The van der Waals surface area contributed by atoms with E-state index in [4.69, 9.17) is 4.74 Å². The molecule has 0 heterocycles. The Bertz CT molecular complexity index is 397. The van der Waals surface area contributed by atoms with Gasteiger partial charge in [0, 0.05) is 13.2 Å². The van der Waals surface area contributed by atoms with Crippen LogP contribution in [0, 0.1) is 0 Å². The Labute approximate surface area is 112 Å². The van der Waals surface area contributed by atoms with Crippen LogP contribution in [0.3, 0.4) is 0 Å². The van der Waals surface area contributed by atoms with E-state index in [0.717, 1.165) is 6.42 Å². The van der Waals surface area contributed by atoms with Gasteiger partial charge in [-0.05, 0) is 39.3 Å². The van der Waals surface area contributed by atoms with Gasteiger partial charge in [0.25, 0.3) is 0 Å². The largest absolute Gasteiger partial charge is 0.433 e. The van der Waals surface area contributed by atoms with Crippen molar-refractivity contribution in [3.63, 3.8) is 0 Å². The summed E-state index contributed by atoms with van der Waals surface area (Å²) in [5.41, 5.74) is 0.285. The molecule has 0 aliphatic carbocycles. The zero-order chi connectivity index (χ0) is 14.5. The highest BCUT2D eigenvalue weighted by Crippen LogP contribution is 2.27. The Kier molecular flexibility index (Phi) is 5.54. The quantitative estimate of drug-likeness (QED) is 0.817. The zero-order valence-corrected chi connectivity index (χ0v) is 11.7. The highest BCUT2D eigenvalue weighted by atomic mass is 19.3. The summed E-state index contributed by atoms with van der Waals surface area (Å²) in [7, 11) is 1.65. The molecule has 1 rings (SSSR count). The minimum Gasteiger partial charge on any atom is -0.433 e. The number of hydrogen-bond donors (Lipinski definition) is 1. The van der Waals surface area contributed by atoms with Crippen LogP contribution in [0.5, 0.6) is 5.75 Å². The van der Waals surface area contributed by atoms with Crippen LogP contribution >= 0.6 is 0 Å². The van der Waals surface area contributed by atoms with Gasteiger partial charge >= 0.3 is 6.61 Å². The summed E-state index contributed by atoms with van der Waals surface area (Å²) in [5.74, 6) is 0.152. The lowest BCUT2D eigenvalue weighted by molar-refractivity contribution is -0.0494. The summed E-state index contributed by atoms with van der Waals surface area (Å²) in [4.78, 5) is 0. The van der Waals surface area contributed by atoms with Crippen LogP contribution in [0.2, 0.25) is 0 Å². The lowest BCUT2D eigenvalue weighted by Crippen LogP contribution is -2.31. The van der Waals surface area contributed by atoms with Crippen molar-refractivity contribution in [3.05, 3.63) is 24.3 Å². The molecule has 108 valence electrons. The number of alkyl halides is 2. The van der Waals surface area contributed by atoms with Crippen LogP contribution in [0.4, 0.5) is 14.5 Å². The number of methoxy groups -OCH3 is 1. The van der Waals surface area contributed by atoms with Crippen LogP contribution in [-0.2, 0) is 4.74 Å². The third-order valence-electron chi connectivity index (χ3n) is 2.86. The molecule has 0 fully saturated rings. The zero-order valence-electron chi connectivity index (χ0n) is 11.7. The molecule has 0 radical (unpaired) electrons. The number of ether oxygens (including phenoxy) is 2. The van der Waals surface area contributed by atoms with Gasteiger partial charge in [0.05, 0.1) is 11.3 Å². The van der Waals surface area contributed by atoms with E-state index in [2.05, 4.69) is 10.1 Å². The Morgan fingerprint density at radius 3 is 2.47 bits per heavy atom. The maximum atomic E-state index is 12.3. The Morgan fingerprint density at radius 1 is 1.26 bits per heavy atom. The molecule has 0 saturated carbocycles. The SMILES string of the molecule is COC(C)(C)CC(C)Nc1ccccc1OC(F)F. The fourth-order valence-electron chi connectivity index (χ4n) is 1.92. The van der Waals surface area contributed by atoms with Gasteiger partial charge in [-0.1, -0.05) is 12.1 Å². The first-order chi connectivity index (χ1) is 8.84. The van der Waals surface area contributed by atoms with Gasteiger partial charge in [0.1, 0.15) is 5.75 Å². The summed E-state index contributed by atoms with van der Waals surface area (Å²) in [6.45, 7) is 3.10. The number of halogens is 2. The monoisotopic (exact) mass is 273 g/mol. The number of benzene rings is 1. The standard InChI is InChI=1S/C14H21F2NO2/c1-10(9-14(2,3)18-4)17-11-7-5-6-8-12(11)19-13(15)16/h5-8,10,13,17H,9H2,1-4H3. The molecule has 0 amide bonds. The molecular formula is C14H21F2NO2. The van der Waals surface area contributed by atoms with Crippen molar-refractivity contribution in [3.8, 4) is 5.75 Å². The maximum Gasteiger partial charge on any atom is 0.387 e. The lowest BCUT2D eigenvalue weighted by atomic mass is 9.99. The summed E-state index contributed by atoms with van der Waals surface area (Å²) in [6, 6.07) is 6.73. The predicted octanol–water partition coefficient (Wildman–Crippen LogP) is 3.90. The third-order valence-corrected chi connectivity index (χ3v) is 2.86. The molecule has 1 aromatic carbocycles. The van der Waals surface area contributed by atoms with Crippen LogP contribution in [0.1, 0.15) is 27.2 Å². The van der Waals surface area contributed by atoms with Gasteiger partial charge in [0.2, 0.25) is 0 Å². The smallest absolute Gasteiger partial charge is 0.387 e. The summed E-state index contributed by atoms with van der Waals surface area (Å²) >= 11 is 0. The number of rotatable bonds is 7. The van der Waals surface area contributed by atoms with Gasteiger partial charge < -0.3 is 14.8 Å². The maximum absolute atomic E-state index is 12.3. The second kappa shape index (κ2) is 6.70. The van der Waals surface area contributed by atoms with E-state index in [0.29, 0.717) is 5.69 Å². The molecule has 0 saturated heterocycles. The minimum absolute atomic E-state index is 0.0670. The fraction of sp³-hybridized carbons (Fsp3) is 0.571. The molecule has 0 aromatic heterocycles. The third kappa shape index (κ3) is 5.42. The molecule has 5 heteroatoms. The normalized spacial score (nSPS) is 13.4. The molecule has 1 N–H and O–H groups in total. The van der Waals surface area contributed by atoms with E-state index in [-0.39, 0.29) is 17.4 Å². The van der Waals surface area contributed by atoms with Crippen molar-refractivity contribution in [1.29, 1.82) is 0 Å². The van der Waals surface area contributed by atoms with Gasteiger partial charge in [-0.3, -0.25) is 0 Å². The molecule has 0 spiro atoms. The molecule has 0 aliphatic rings. The van der Waals surface area contributed by atoms with E-state index in [9.17, 15) is 8.78 Å². The predicted molar refractivity (Wildman–Crippen MR) is 71.9 cm³/mol. The molecule has 0 bridgehead atoms. The van der Waals surface area contributed by atoms with Gasteiger partial charge in [-0.2, -0.15) is 8.78 Å². The number of nitrogens with one attached hydrogen (secondary N) is 1. The van der Waals surface area contributed by atoms with Gasteiger partial charge in [-0.15, -0.1) is 0 Å². The first-order valence-electron chi connectivity index (χ1n) is 6.19. The lowest BCUT2D eigenvalue weighted by Gasteiger charge is -2.28. The highest BCUT2D eigenvalue weighted by Gasteiger charge is 2.21. The molecule has 3 nitrogen and oxygen atoms in total.